The van der Waals surface area contributed by atoms with Crippen molar-refractivity contribution in [3.05, 3.63) is 119 Å². The molecule has 0 radical (unpaired) electrons. The summed E-state index contributed by atoms with van der Waals surface area (Å²) in [4.78, 5) is 53.8. The standard InChI is InChI=1S/C40H38ClNO8/c1-4-42(32-16-20-33(47-2)21-17-32)38(44)27-11-18-34(19-12-27)49-39(45)28-5-7-29(8-6-28)40(46)50-37-24-22-35(48-3)25-30(37)13-23-36(43)26-9-14-31(41)15-10-26/h9-25,28-29H,4-8H2,1-3H3/b23-13+. The zero-order valence-electron chi connectivity index (χ0n) is 28.1. The maximum absolute atomic E-state index is 13.2. The van der Waals surface area contributed by atoms with E-state index in [1.54, 1.807) is 96.9 Å². The molecule has 4 aromatic carbocycles. The second-order valence-corrected chi connectivity index (χ2v) is 12.2. The van der Waals surface area contributed by atoms with E-state index in [2.05, 4.69) is 0 Å². The minimum atomic E-state index is -0.406. The maximum Gasteiger partial charge on any atom is 0.314 e. The highest BCUT2D eigenvalue weighted by Crippen LogP contribution is 2.33. The second-order valence-electron chi connectivity index (χ2n) is 11.8. The first kappa shape index (κ1) is 35.9. The molecule has 0 spiro atoms. The van der Waals surface area contributed by atoms with Gasteiger partial charge in [-0.15, -0.1) is 0 Å². The van der Waals surface area contributed by atoms with Crippen LogP contribution in [0.25, 0.3) is 6.08 Å². The molecule has 0 bridgehead atoms. The number of halogens is 1. The van der Waals surface area contributed by atoms with E-state index < -0.39 is 11.9 Å². The van der Waals surface area contributed by atoms with Crippen molar-refractivity contribution in [2.45, 2.75) is 32.6 Å². The lowest BCUT2D eigenvalue weighted by atomic mass is 9.82. The van der Waals surface area contributed by atoms with Gasteiger partial charge in [0.15, 0.2) is 5.78 Å². The fraction of sp³-hybridized carbons (Fsp3) is 0.250. The Kier molecular flexibility index (Phi) is 12.1. The van der Waals surface area contributed by atoms with Gasteiger partial charge in [-0.3, -0.25) is 19.2 Å². The summed E-state index contributed by atoms with van der Waals surface area (Å²) >= 11 is 5.93. The van der Waals surface area contributed by atoms with Crippen molar-refractivity contribution in [3.8, 4) is 23.0 Å². The Bertz CT molecular complexity index is 1840. The van der Waals surface area contributed by atoms with E-state index in [-0.39, 0.29) is 23.6 Å². The predicted molar refractivity (Wildman–Crippen MR) is 191 cm³/mol. The average molecular weight is 696 g/mol. The van der Waals surface area contributed by atoms with Crippen LogP contribution >= 0.6 is 11.6 Å². The molecule has 1 aliphatic rings. The predicted octanol–water partition coefficient (Wildman–Crippen LogP) is 8.24. The van der Waals surface area contributed by atoms with Crippen molar-refractivity contribution in [2.75, 3.05) is 25.7 Å². The third-order valence-electron chi connectivity index (χ3n) is 8.63. The molecule has 5 rings (SSSR count). The summed E-state index contributed by atoms with van der Waals surface area (Å²) in [6.07, 6.45) is 4.83. The Morgan fingerprint density at radius 2 is 1.24 bits per heavy atom. The third-order valence-corrected chi connectivity index (χ3v) is 8.88. The zero-order chi connectivity index (χ0) is 35.6. The molecular formula is C40H38ClNO8. The van der Waals surface area contributed by atoms with Crippen molar-refractivity contribution in [1.29, 1.82) is 0 Å². The summed E-state index contributed by atoms with van der Waals surface area (Å²) in [6.45, 7) is 2.37. The summed E-state index contributed by atoms with van der Waals surface area (Å²) in [5.41, 5.74) is 2.19. The van der Waals surface area contributed by atoms with Crippen LogP contribution < -0.4 is 23.8 Å². The van der Waals surface area contributed by atoms with Crippen molar-refractivity contribution < 1.29 is 38.1 Å². The van der Waals surface area contributed by atoms with Gasteiger partial charge in [0.2, 0.25) is 0 Å². The number of carbonyl (C=O) groups is 4. The van der Waals surface area contributed by atoms with Crippen molar-refractivity contribution >= 4 is 47.0 Å². The molecule has 1 aliphatic carbocycles. The highest BCUT2D eigenvalue weighted by molar-refractivity contribution is 6.30. The average Bonchev–Trinajstić information content (AvgIpc) is 3.15. The monoisotopic (exact) mass is 695 g/mol. The van der Waals surface area contributed by atoms with E-state index in [9.17, 15) is 19.2 Å². The first-order chi connectivity index (χ1) is 24.2. The maximum atomic E-state index is 13.2. The van der Waals surface area contributed by atoms with Crippen LogP contribution in [0.4, 0.5) is 5.69 Å². The lowest BCUT2D eigenvalue weighted by molar-refractivity contribution is -0.145. The largest absolute Gasteiger partial charge is 0.497 e. The minimum Gasteiger partial charge on any atom is -0.497 e. The van der Waals surface area contributed by atoms with Gasteiger partial charge in [0.1, 0.15) is 23.0 Å². The summed E-state index contributed by atoms with van der Waals surface area (Å²) in [7, 11) is 3.11. The van der Waals surface area contributed by atoms with Crippen LogP contribution in [0.15, 0.2) is 97.1 Å². The molecule has 4 aromatic rings. The number of rotatable bonds is 12. The molecular weight excluding hydrogens is 658 g/mol. The minimum absolute atomic E-state index is 0.176. The van der Waals surface area contributed by atoms with Crippen molar-refractivity contribution in [2.24, 2.45) is 11.8 Å². The lowest BCUT2D eigenvalue weighted by Crippen LogP contribution is -2.31. The number of ketones is 1. The number of amides is 1. The van der Waals surface area contributed by atoms with E-state index in [1.165, 1.54) is 13.2 Å². The molecule has 0 unspecified atom stereocenters. The molecule has 9 nitrogen and oxygen atoms in total. The number of carbonyl (C=O) groups excluding carboxylic acids is 4. The van der Waals surface area contributed by atoms with E-state index in [0.29, 0.717) is 76.9 Å². The van der Waals surface area contributed by atoms with Crippen LogP contribution in [0.1, 0.15) is 58.9 Å². The second kappa shape index (κ2) is 16.8. The molecule has 10 heteroatoms. The number of nitrogens with zero attached hydrogens (tertiary/aromatic N) is 1. The number of hydrogen-bond acceptors (Lipinski definition) is 8. The SMILES string of the molecule is CCN(C(=O)c1ccc(OC(=O)C2CCC(C(=O)Oc3ccc(OC)cc3/C=C/C(=O)c3ccc(Cl)cc3)CC2)cc1)c1ccc(OC)cc1. The van der Waals surface area contributed by atoms with Gasteiger partial charge in [-0.05, 0) is 136 Å². The molecule has 1 amide bonds. The number of anilines is 1. The number of hydrogen-bond donors (Lipinski definition) is 0. The fourth-order valence-electron chi connectivity index (χ4n) is 5.74. The van der Waals surface area contributed by atoms with Gasteiger partial charge in [-0.25, -0.2) is 0 Å². The Labute approximate surface area is 296 Å². The molecule has 0 heterocycles. The topological polar surface area (TPSA) is 108 Å². The van der Waals surface area contributed by atoms with Gasteiger partial charge in [0.25, 0.3) is 5.91 Å². The number of benzene rings is 4. The molecule has 0 saturated heterocycles. The normalized spacial score (nSPS) is 15.6. The number of esters is 2. The molecule has 0 aromatic heterocycles. The smallest absolute Gasteiger partial charge is 0.314 e. The highest BCUT2D eigenvalue weighted by atomic mass is 35.5. The summed E-state index contributed by atoms with van der Waals surface area (Å²) < 4.78 is 22.0. The molecule has 0 aliphatic heterocycles. The van der Waals surface area contributed by atoms with E-state index in [4.69, 9.17) is 30.5 Å². The summed E-state index contributed by atoms with van der Waals surface area (Å²) in [6, 6.07) is 25.3. The van der Waals surface area contributed by atoms with Gasteiger partial charge < -0.3 is 23.8 Å². The van der Waals surface area contributed by atoms with E-state index in [1.807, 2.05) is 19.1 Å². The van der Waals surface area contributed by atoms with Crippen LogP contribution in [0.2, 0.25) is 5.02 Å². The molecule has 1 saturated carbocycles. The van der Waals surface area contributed by atoms with Gasteiger partial charge >= 0.3 is 11.9 Å². The van der Waals surface area contributed by atoms with Gasteiger partial charge in [-0.2, -0.15) is 0 Å². The van der Waals surface area contributed by atoms with Crippen LogP contribution in [0.5, 0.6) is 23.0 Å². The Balaban J connectivity index is 1.14. The van der Waals surface area contributed by atoms with E-state index >= 15 is 0 Å². The Morgan fingerprint density at radius 3 is 1.82 bits per heavy atom. The van der Waals surface area contributed by atoms with E-state index in [0.717, 1.165) is 5.69 Å². The van der Waals surface area contributed by atoms with Crippen LogP contribution in [-0.2, 0) is 9.59 Å². The lowest BCUT2D eigenvalue weighted by Gasteiger charge is -2.26. The molecule has 0 atom stereocenters. The van der Waals surface area contributed by atoms with Gasteiger partial charge in [-0.1, -0.05) is 11.6 Å². The van der Waals surface area contributed by atoms with Crippen LogP contribution in [-0.4, -0.2) is 44.4 Å². The first-order valence-corrected chi connectivity index (χ1v) is 16.7. The quantitative estimate of drug-likeness (QED) is 0.0631. The fourth-order valence-corrected chi connectivity index (χ4v) is 5.86. The molecule has 0 N–H and O–H groups in total. The Hall–Kier alpha value is -5.41. The van der Waals surface area contributed by atoms with Crippen molar-refractivity contribution in [3.63, 3.8) is 0 Å². The zero-order valence-corrected chi connectivity index (χ0v) is 28.9. The van der Waals surface area contributed by atoms with Crippen molar-refractivity contribution in [1.82, 2.24) is 0 Å². The summed E-state index contributed by atoms with van der Waals surface area (Å²) in [5.74, 6) is -0.0753. The van der Waals surface area contributed by atoms with Gasteiger partial charge in [0.05, 0.1) is 26.1 Å². The first-order valence-electron chi connectivity index (χ1n) is 16.3. The highest BCUT2D eigenvalue weighted by Gasteiger charge is 2.32. The van der Waals surface area contributed by atoms with Crippen LogP contribution in [0, 0.1) is 11.8 Å². The Morgan fingerprint density at radius 1 is 0.700 bits per heavy atom. The summed E-state index contributed by atoms with van der Waals surface area (Å²) in [5, 5.41) is 0.531. The molecule has 258 valence electrons. The van der Waals surface area contributed by atoms with Gasteiger partial charge in [0, 0.05) is 33.9 Å². The number of ether oxygens (including phenoxy) is 4. The van der Waals surface area contributed by atoms with Crippen LogP contribution in [0.3, 0.4) is 0 Å². The molecule has 1 fully saturated rings. The number of allylic oxidation sites excluding steroid dienone is 1. The number of methoxy groups -OCH3 is 2. The molecule has 50 heavy (non-hydrogen) atoms. The third kappa shape index (κ3) is 8.98.